The highest BCUT2D eigenvalue weighted by Crippen LogP contribution is 2.23. The van der Waals surface area contributed by atoms with E-state index in [4.69, 9.17) is 4.74 Å². The Hall–Kier alpha value is -3.19. The second-order valence-corrected chi connectivity index (χ2v) is 6.46. The number of fused-ring (bicyclic) bond motifs is 1. The molecule has 26 heavy (non-hydrogen) atoms. The van der Waals surface area contributed by atoms with Gasteiger partial charge in [-0.25, -0.2) is 0 Å². The Morgan fingerprint density at radius 3 is 2.92 bits per heavy atom. The Balaban J connectivity index is 1.53. The highest BCUT2D eigenvalue weighted by atomic mass is 32.1. The molecule has 0 spiro atoms. The lowest BCUT2D eigenvalue weighted by Crippen LogP contribution is -2.24. The predicted octanol–water partition coefficient (Wildman–Crippen LogP) is 3.63. The molecule has 3 heterocycles. The van der Waals surface area contributed by atoms with Crippen molar-refractivity contribution in [3.63, 3.8) is 0 Å². The molecule has 0 aliphatic heterocycles. The molecule has 0 aliphatic rings. The zero-order valence-electron chi connectivity index (χ0n) is 14.0. The number of aromatic amines is 1. The first-order valence-electron chi connectivity index (χ1n) is 8.02. The first-order valence-corrected chi connectivity index (χ1v) is 8.96. The molecule has 4 aromatic rings. The first kappa shape index (κ1) is 16.3. The molecule has 0 bridgehead atoms. The smallest absolute Gasteiger partial charge is 0.268 e. The molecule has 0 saturated carbocycles. The normalized spacial score (nSPS) is 10.8. The number of nitrogens with zero attached hydrogens (tertiary/aromatic N) is 2. The topological polar surface area (TPSA) is 79.9 Å². The van der Waals surface area contributed by atoms with Crippen LogP contribution in [0.5, 0.6) is 5.75 Å². The molecule has 2 N–H and O–H groups in total. The molecule has 7 heteroatoms. The van der Waals surface area contributed by atoms with Gasteiger partial charge in [0.15, 0.2) is 0 Å². The van der Waals surface area contributed by atoms with Crippen LogP contribution in [0.15, 0.2) is 53.5 Å². The van der Waals surface area contributed by atoms with Gasteiger partial charge in [0.2, 0.25) is 0 Å². The summed E-state index contributed by atoms with van der Waals surface area (Å²) in [7, 11) is 1.61. The number of thiophene rings is 1. The number of carbonyl (C=O) groups excluding carboxylic acids is 1. The first-order chi connectivity index (χ1) is 12.7. The number of benzene rings is 1. The van der Waals surface area contributed by atoms with Crippen LogP contribution >= 0.6 is 11.3 Å². The molecular formula is C19H16N4O2S. The molecule has 130 valence electrons. The largest absolute Gasteiger partial charge is 0.497 e. The van der Waals surface area contributed by atoms with Gasteiger partial charge in [0, 0.05) is 40.3 Å². The lowest BCUT2D eigenvalue weighted by Gasteiger charge is -2.07. The van der Waals surface area contributed by atoms with Crippen molar-refractivity contribution in [2.75, 3.05) is 7.11 Å². The Kier molecular flexibility index (Phi) is 4.37. The fourth-order valence-electron chi connectivity index (χ4n) is 2.75. The monoisotopic (exact) mass is 364 g/mol. The third-order valence-electron chi connectivity index (χ3n) is 4.06. The van der Waals surface area contributed by atoms with Crippen LogP contribution in [0, 0.1) is 0 Å². The lowest BCUT2D eigenvalue weighted by molar-refractivity contribution is 0.0946. The summed E-state index contributed by atoms with van der Waals surface area (Å²) < 4.78 is 5.21. The van der Waals surface area contributed by atoms with E-state index in [2.05, 4.69) is 20.3 Å². The number of hydrogen-bond donors (Lipinski definition) is 2. The minimum absolute atomic E-state index is 0.193. The van der Waals surface area contributed by atoms with Crippen molar-refractivity contribution < 1.29 is 9.53 Å². The lowest BCUT2D eigenvalue weighted by atomic mass is 10.2. The van der Waals surface area contributed by atoms with Crippen molar-refractivity contribution in [3.05, 3.63) is 64.9 Å². The van der Waals surface area contributed by atoms with Crippen LogP contribution in [-0.4, -0.2) is 28.0 Å². The van der Waals surface area contributed by atoms with Gasteiger partial charge in [-0.2, -0.15) is 11.3 Å². The summed E-state index contributed by atoms with van der Waals surface area (Å²) >= 11 is 1.60. The maximum Gasteiger partial charge on any atom is 0.268 e. The van der Waals surface area contributed by atoms with Gasteiger partial charge in [0.25, 0.3) is 5.91 Å². The Bertz CT molecular complexity index is 1060. The van der Waals surface area contributed by atoms with Gasteiger partial charge in [-0.15, -0.1) is 0 Å². The van der Waals surface area contributed by atoms with Crippen molar-refractivity contribution >= 4 is 28.1 Å². The second-order valence-electron chi connectivity index (χ2n) is 5.68. The van der Waals surface area contributed by atoms with Crippen LogP contribution in [-0.2, 0) is 6.54 Å². The molecule has 1 amide bonds. The number of rotatable bonds is 5. The van der Waals surface area contributed by atoms with Crippen molar-refractivity contribution in [3.8, 4) is 17.0 Å². The predicted molar refractivity (Wildman–Crippen MR) is 101 cm³/mol. The molecule has 3 aromatic heterocycles. The Morgan fingerprint density at radius 1 is 1.23 bits per heavy atom. The van der Waals surface area contributed by atoms with Gasteiger partial charge in [-0.1, -0.05) is 0 Å². The summed E-state index contributed by atoms with van der Waals surface area (Å²) in [6, 6.07) is 9.46. The summed E-state index contributed by atoms with van der Waals surface area (Å²) in [5, 5.41) is 7.87. The standard InChI is InChI=1S/C19H16N4O2S/c1-25-14-3-2-12-8-16(23-15(12)9-14)19(24)22-10-17-18(21-6-5-20-17)13-4-7-26-11-13/h2-9,11,23H,10H2,1H3,(H,22,24). The van der Waals surface area contributed by atoms with Crippen LogP contribution in [0.2, 0.25) is 0 Å². The summed E-state index contributed by atoms with van der Waals surface area (Å²) in [6.07, 6.45) is 3.29. The maximum atomic E-state index is 12.5. The minimum atomic E-state index is -0.193. The highest BCUT2D eigenvalue weighted by Gasteiger charge is 2.13. The third kappa shape index (κ3) is 3.16. The van der Waals surface area contributed by atoms with Gasteiger partial charge in [0.05, 0.1) is 25.0 Å². The SMILES string of the molecule is COc1ccc2cc(C(=O)NCc3nccnc3-c3ccsc3)[nH]c2c1. The van der Waals surface area contributed by atoms with E-state index in [0.29, 0.717) is 12.2 Å². The van der Waals surface area contributed by atoms with Crippen LogP contribution in [0.4, 0.5) is 0 Å². The molecule has 0 aliphatic carbocycles. The van der Waals surface area contributed by atoms with E-state index in [1.54, 1.807) is 30.8 Å². The quantitative estimate of drug-likeness (QED) is 0.567. The summed E-state index contributed by atoms with van der Waals surface area (Å²) in [5.74, 6) is 0.549. The molecule has 0 unspecified atom stereocenters. The molecule has 0 atom stereocenters. The van der Waals surface area contributed by atoms with Crippen molar-refractivity contribution in [2.24, 2.45) is 0 Å². The van der Waals surface area contributed by atoms with E-state index < -0.39 is 0 Å². The number of H-pyrrole nitrogens is 1. The molecule has 4 rings (SSSR count). The van der Waals surface area contributed by atoms with Gasteiger partial charge >= 0.3 is 0 Å². The number of hydrogen-bond acceptors (Lipinski definition) is 5. The van der Waals surface area contributed by atoms with E-state index in [1.807, 2.05) is 41.1 Å². The Morgan fingerprint density at radius 2 is 2.12 bits per heavy atom. The molecule has 1 aromatic carbocycles. The number of nitrogens with one attached hydrogen (secondary N) is 2. The highest BCUT2D eigenvalue weighted by molar-refractivity contribution is 7.08. The molecule has 0 fully saturated rings. The van der Waals surface area contributed by atoms with Crippen LogP contribution < -0.4 is 10.1 Å². The van der Waals surface area contributed by atoms with Crippen molar-refractivity contribution in [1.29, 1.82) is 0 Å². The van der Waals surface area contributed by atoms with E-state index in [0.717, 1.165) is 33.6 Å². The second kappa shape index (κ2) is 6.97. The van der Waals surface area contributed by atoms with E-state index in [-0.39, 0.29) is 5.91 Å². The maximum absolute atomic E-state index is 12.5. The van der Waals surface area contributed by atoms with Crippen molar-refractivity contribution in [2.45, 2.75) is 6.54 Å². The van der Waals surface area contributed by atoms with E-state index in [9.17, 15) is 4.79 Å². The molecule has 0 saturated heterocycles. The van der Waals surface area contributed by atoms with Gasteiger partial charge in [-0.05, 0) is 29.6 Å². The molecular weight excluding hydrogens is 348 g/mol. The fraction of sp³-hybridized carbons (Fsp3) is 0.105. The average molecular weight is 364 g/mol. The number of methoxy groups -OCH3 is 1. The minimum Gasteiger partial charge on any atom is -0.497 e. The van der Waals surface area contributed by atoms with E-state index >= 15 is 0 Å². The van der Waals surface area contributed by atoms with Gasteiger partial charge < -0.3 is 15.0 Å². The van der Waals surface area contributed by atoms with E-state index in [1.165, 1.54) is 0 Å². The van der Waals surface area contributed by atoms with Crippen LogP contribution in [0.3, 0.4) is 0 Å². The van der Waals surface area contributed by atoms with Crippen LogP contribution in [0.1, 0.15) is 16.2 Å². The third-order valence-corrected chi connectivity index (χ3v) is 4.74. The summed E-state index contributed by atoms with van der Waals surface area (Å²) in [6.45, 7) is 0.302. The number of ether oxygens (including phenoxy) is 1. The van der Waals surface area contributed by atoms with Gasteiger partial charge in [-0.3, -0.25) is 14.8 Å². The average Bonchev–Trinajstić information content (AvgIpc) is 3.35. The van der Waals surface area contributed by atoms with Crippen molar-refractivity contribution in [1.82, 2.24) is 20.3 Å². The van der Waals surface area contributed by atoms with Crippen LogP contribution in [0.25, 0.3) is 22.2 Å². The zero-order valence-corrected chi connectivity index (χ0v) is 14.8. The number of aromatic nitrogens is 3. The fourth-order valence-corrected chi connectivity index (χ4v) is 3.39. The zero-order chi connectivity index (χ0) is 17.9. The summed E-state index contributed by atoms with van der Waals surface area (Å²) in [5.41, 5.74) is 3.87. The Labute approximate surface area is 153 Å². The molecule has 0 radical (unpaired) electrons. The molecule has 6 nitrogen and oxygen atoms in total. The number of amides is 1. The number of carbonyl (C=O) groups is 1. The summed E-state index contributed by atoms with van der Waals surface area (Å²) in [4.78, 5) is 24.4. The van der Waals surface area contributed by atoms with Gasteiger partial charge in [0.1, 0.15) is 11.4 Å².